The molecular formula is C16H17ClFN. The molecule has 0 bridgehead atoms. The molecule has 1 atom stereocenters. The molecule has 0 amide bonds. The Balaban J connectivity index is 2.04. The van der Waals surface area contributed by atoms with Gasteiger partial charge in [0, 0.05) is 6.04 Å². The number of hydrogen-bond donors (Lipinski definition) is 1. The van der Waals surface area contributed by atoms with E-state index in [2.05, 4.69) is 17.4 Å². The fraction of sp³-hybridized carbons (Fsp3) is 0.250. The highest BCUT2D eigenvalue weighted by Gasteiger charge is 2.09. The molecule has 0 aliphatic rings. The van der Waals surface area contributed by atoms with Gasteiger partial charge in [-0.1, -0.05) is 48.0 Å². The molecule has 100 valence electrons. The fourth-order valence-electron chi connectivity index (χ4n) is 2.13. The molecule has 1 nitrogen and oxygen atoms in total. The van der Waals surface area contributed by atoms with Crippen molar-refractivity contribution in [1.29, 1.82) is 0 Å². The van der Waals surface area contributed by atoms with Crippen molar-refractivity contribution in [3.8, 4) is 0 Å². The van der Waals surface area contributed by atoms with Gasteiger partial charge in [0.05, 0.1) is 5.02 Å². The molecular weight excluding hydrogens is 261 g/mol. The van der Waals surface area contributed by atoms with E-state index >= 15 is 0 Å². The van der Waals surface area contributed by atoms with E-state index in [0.717, 1.165) is 18.4 Å². The molecule has 0 saturated carbocycles. The first-order chi connectivity index (χ1) is 9.19. The van der Waals surface area contributed by atoms with Crippen LogP contribution >= 0.6 is 11.6 Å². The molecule has 0 heterocycles. The van der Waals surface area contributed by atoms with Crippen molar-refractivity contribution >= 4 is 11.6 Å². The van der Waals surface area contributed by atoms with Crippen molar-refractivity contribution in [3.63, 3.8) is 0 Å². The Labute approximate surface area is 118 Å². The molecule has 3 heteroatoms. The van der Waals surface area contributed by atoms with Gasteiger partial charge < -0.3 is 5.32 Å². The molecule has 2 aromatic rings. The Hall–Kier alpha value is -1.38. The molecule has 0 radical (unpaired) electrons. The number of halogens is 2. The smallest absolute Gasteiger partial charge is 0.141 e. The third-order valence-corrected chi connectivity index (χ3v) is 3.49. The van der Waals surface area contributed by atoms with Gasteiger partial charge in [0.1, 0.15) is 5.82 Å². The van der Waals surface area contributed by atoms with E-state index in [9.17, 15) is 4.39 Å². The van der Waals surface area contributed by atoms with E-state index in [-0.39, 0.29) is 10.8 Å². The summed E-state index contributed by atoms with van der Waals surface area (Å²) in [5, 5.41) is 3.48. The number of benzene rings is 2. The molecule has 2 rings (SSSR count). The van der Waals surface area contributed by atoms with E-state index in [1.165, 1.54) is 11.6 Å². The summed E-state index contributed by atoms with van der Waals surface area (Å²) in [6, 6.07) is 15.5. The first-order valence-corrected chi connectivity index (χ1v) is 6.72. The molecule has 0 saturated heterocycles. The van der Waals surface area contributed by atoms with E-state index in [4.69, 9.17) is 11.6 Å². The van der Waals surface area contributed by atoms with Crippen LogP contribution in [-0.2, 0) is 12.8 Å². The van der Waals surface area contributed by atoms with Crippen LogP contribution in [0.3, 0.4) is 0 Å². The van der Waals surface area contributed by atoms with Crippen LogP contribution in [0.1, 0.15) is 11.1 Å². The monoisotopic (exact) mass is 277 g/mol. The van der Waals surface area contributed by atoms with Crippen molar-refractivity contribution < 1.29 is 4.39 Å². The van der Waals surface area contributed by atoms with Crippen molar-refractivity contribution in [2.45, 2.75) is 18.9 Å². The fourth-order valence-corrected chi connectivity index (χ4v) is 2.33. The van der Waals surface area contributed by atoms with E-state index in [1.807, 2.05) is 25.2 Å². The standard InChI is InChI=1S/C16H17ClFN/c1-19-14(9-12-5-3-2-4-6-12)10-13-7-8-16(18)15(17)11-13/h2-8,11,14,19H,9-10H2,1H3. The second kappa shape index (κ2) is 6.69. The van der Waals surface area contributed by atoms with Gasteiger partial charge in [-0.3, -0.25) is 0 Å². The summed E-state index contributed by atoms with van der Waals surface area (Å²) in [5.41, 5.74) is 2.33. The lowest BCUT2D eigenvalue weighted by Crippen LogP contribution is -2.29. The summed E-state index contributed by atoms with van der Waals surface area (Å²) in [4.78, 5) is 0. The van der Waals surface area contributed by atoms with Crippen LogP contribution in [0.4, 0.5) is 4.39 Å². The lowest BCUT2D eigenvalue weighted by molar-refractivity contribution is 0.555. The topological polar surface area (TPSA) is 12.0 Å². The second-order valence-electron chi connectivity index (χ2n) is 4.63. The minimum Gasteiger partial charge on any atom is -0.316 e. The predicted octanol–water partition coefficient (Wildman–Crippen LogP) is 3.85. The van der Waals surface area contributed by atoms with E-state index in [1.54, 1.807) is 12.1 Å². The second-order valence-corrected chi connectivity index (χ2v) is 5.04. The van der Waals surface area contributed by atoms with Crippen LogP contribution < -0.4 is 5.32 Å². The van der Waals surface area contributed by atoms with E-state index < -0.39 is 0 Å². The van der Waals surface area contributed by atoms with Crippen molar-refractivity contribution in [2.75, 3.05) is 7.05 Å². The Bertz CT molecular complexity index is 528. The van der Waals surface area contributed by atoms with Gasteiger partial charge in [-0.25, -0.2) is 4.39 Å². The van der Waals surface area contributed by atoms with Crippen LogP contribution in [0.15, 0.2) is 48.5 Å². The van der Waals surface area contributed by atoms with Gasteiger partial charge in [-0.05, 0) is 43.1 Å². The molecule has 0 fully saturated rings. The third-order valence-electron chi connectivity index (χ3n) is 3.20. The summed E-state index contributed by atoms with van der Waals surface area (Å²) in [6.45, 7) is 0. The predicted molar refractivity (Wildman–Crippen MR) is 78.1 cm³/mol. The zero-order valence-corrected chi connectivity index (χ0v) is 11.6. The van der Waals surface area contributed by atoms with Crippen molar-refractivity contribution in [2.24, 2.45) is 0 Å². The van der Waals surface area contributed by atoms with Crippen LogP contribution in [0, 0.1) is 5.82 Å². The summed E-state index contributed by atoms with van der Waals surface area (Å²) in [7, 11) is 1.94. The Morgan fingerprint density at radius 1 is 1.05 bits per heavy atom. The minimum absolute atomic E-state index is 0.187. The Kier molecular flexibility index (Phi) is 4.94. The normalized spacial score (nSPS) is 12.4. The van der Waals surface area contributed by atoms with Crippen molar-refractivity contribution in [3.05, 3.63) is 70.5 Å². The maximum Gasteiger partial charge on any atom is 0.141 e. The zero-order chi connectivity index (χ0) is 13.7. The van der Waals surface area contributed by atoms with Gasteiger partial charge >= 0.3 is 0 Å². The van der Waals surface area contributed by atoms with E-state index in [0.29, 0.717) is 6.04 Å². The summed E-state index contributed by atoms with van der Waals surface area (Å²) < 4.78 is 13.1. The molecule has 19 heavy (non-hydrogen) atoms. The highest BCUT2D eigenvalue weighted by molar-refractivity contribution is 6.30. The maximum absolute atomic E-state index is 13.1. The Morgan fingerprint density at radius 2 is 1.74 bits per heavy atom. The molecule has 0 spiro atoms. The van der Waals surface area contributed by atoms with Crippen LogP contribution in [-0.4, -0.2) is 13.1 Å². The SMILES string of the molecule is CNC(Cc1ccccc1)Cc1ccc(F)c(Cl)c1. The molecule has 0 aliphatic carbocycles. The van der Waals surface area contributed by atoms with Gasteiger partial charge in [0.25, 0.3) is 0 Å². The molecule has 2 aromatic carbocycles. The quantitative estimate of drug-likeness (QED) is 0.875. The number of rotatable bonds is 5. The summed E-state index contributed by atoms with van der Waals surface area (Å²) in [5.74, 6) is -0.366. The zero-order valence-electron chi connectivity index (χ0n) is 10.9. The minimum atomic E-state index is -0.366. The third kappa shape index (κ3) is 4.05. The molecule has 1 N–H and O–H groups in total. The average Bonchev–Trinajstić information content (AvgIpc) is 2.43. The molecule has 1 unspecified atom stereocenters. The van der Waals surface area contributed by atoms with Gasteiger partial charge in [0.15, 0.2) is 0 Å². The first kappa shape index (κ1) is 14.0. The van der Waals surface area contributed by atoms with Crippen molar-refractivity contribution in [1.82, 2.24) is 5.32 Å². The van der Waals surface area contributed by atoms with Gasteiger partial charge in [-0.2, -0.15) is 0 Å². The lowest BCUT2D eigenvalue weighted by Gasteiger charge is -2.16. The van der Waals surface area contributed by atoms with Crippen LogP contribution in [0.5, 0.6) is 0 Å². The van der Waals surface area contributed by atoms with Crippen LogP contribution in [0.2, 0.25) is 5.02 Å². The maximum atomic E-state index is 13.1. The number of hydrogen-bond acceptors (Lipinski definition) is 1. The summed E-state index contributed by atoms with van der Waals surface area (Å²) in [6.07, 6.45) is 1.76. The number of likely N-dealkylation sites (N-methyl/N-ethyl adjacent to an activating group) is 1. The van der Waals surface area contributed by atoms with Gasteiger partial charge in [0.2, 0.25) is 0 Å². The van der Waals surface area contributed by atoms with Crippen LogP contribution in [0.25, 0.3) is 0 Å². The van der Waals surface area contributed by atoms with Gasteiger partial charge in [-0.15, -0.1) is 0 Å². The highest BCUT2D eigenvalue weighted by atomic mass is 35.5. The highest BCUT2D eigenvalue weighted by Crippen LogP contribution is 2.18. The lowest BCUT2D eigenvalue weighted by atomic mass is 9.99. The average molecular weight is 278 g/mol. The molecule has 0 aromatic heterocycles. The molecule has 0 aliphatic heterocycles. The Morgan fingerprint density at radius 3 is 2.37 bits per heavy atom. The largest absolute Gasteiger partial charge is 0.316 e. The summed E-state index contributed by atoms with van der Waals surface area (Å²) >= 11 is 5.81. The first-order valence-electron chi connectivity index (χ1n) is 6.34. The number of nitrogens with one attached hydrogen (secondary N) is 1.